The van der Waals surface area contributed by atoms with E-state index in [-0.39, 0.29) is 11.9 Å². The van der Waals surface area contributed by atoms with Crippen LogP contribution in [0.4, 0.5) is 4.39 Å². The lowest BCUT2D eigenvalue weighted by molar-refractivity contribution is 0.628. The van der Waals surface area contributed by atoms with Crippen LogP contribution in [0.2, 0.25) is 0 Å². The summed E-state index contributed by atoms with van der Waals surface area (Å²) in [6, 6.07) is 6.72. The van der Waals surface area contributed by atoms with Crippen molar-refractivity contribution < 1.29 is 4.39 Å². The van der Waals surface area contributed by atoms with Crippen LogP contribution in [0.3, 0.4) is 0 Å². The van der Waals surface area contributed by atoms with Crippen molar-refractivity contribution in [3.8, 4) is 11.3 Å². The molecule has 4 heteroatoms. The average Bonchev–Trinajstić information content (AvgIpc) is 2.71. The van der Waals surface area contributed by atoms with Crippen LogP contribution in [-0.2, 0) is 0 Å². The zero-order valence-electron chi connectivity index (χ0n) is 10.1. The summed E-state index contributed by atoms with van der Waals surface area (Å²) in [5, 5.41) is 4.23. The zero-order valence-corrected chi connectivity index (χ0v) is 10.9. The fourth-order valence-corrected chi connectivity index (χ4v) is 2.61. The Balaban J connectivity index is 2.39. The third-order valence-corrected chi connectivity index (χ3v) is 3.89. The predicted molar refractivity (Wildman–Crippen MR) is 69.7 cm³/mol. The van der Waals surface area contributed by atoms with Gasteiger partial charge in [0, 0.05) is 10.4 Å². The smallest absolute Gasteiger partial charge is 0.123 e. The highest BCUT2D eigenvalue weighted by atomic mass is 32.1. The van der Waals surface area contributed by atoms with Gasteiger partial charge in [-0.15, -0.1) is 11.3 Å². The number of hydrogen-bond donors (Lipinski definition) is 1. The van der Waals surface area contributed by atoms with Crippen molar-refractivity contribution in [2.45, 2.75) is 19.9 Å². The van der Waals surface area contributed by atoms with Gasteiger partial charge >= 0.3 is 0 Å². The van der Waals surface area contributed by atoms with Crippen LogP contribution in [0.1, 0.15) is 22.9 Å². The minimum atomic E-state index is -0.217. The van der Waals surface area contributed by atoms with Gasteiger partial charge in [0.2, 0.25) is 0 Å². The molecule has 0 aliphatic rings. The lowest BCUT2D eigenvalue weighted by atomic mass is 10.1. The number of thiazole rings is 1. The van der Waals surface area contributed by atoms with Gasteiger partial charge in [0.1, 0.15) is 10.8 Å². The molecule has 1 aromatic heterocycles. The van der Waals surface area contributed by atoms with Gasteiger partial charge in [-0.3, -0.25) is 0 Å². The molecule has 1 unspecified atom stereocenters. The number of halogens is 1. The van der Waals surface area contributed by atoms with Crippen molar-refractivity contribution in [2.24, 2.45) is 0 Å². The van der Waals surface area contributed by atoms with Gasteiger partial charge < -0.3 is 5.32 Å². The monoisotopic (exact) mass is 250 g/mol. The summed E-state index contributed by atoms with van der Waals surface area (Å²) in [4.78, 5) is 5.77. The highest BCUT2D eigenvalue weighted by molar-refractivity contribution is 7.12. The number of nitrogens with zero attached hydrogens (tertiary/aromatic N) is 1. The Labute approximate surface area is 105 Å². The van der Waals surface area contributed by atoms with Crippen molar-refractivity contribution in [1.82, 2.24) is 10.3 Å². The summed E-state index contributed by atoms with van der Waals surface area (Å²) in [5.74, 6) is -0.217. The van der Waals surface area contributed by atoms with Crippen LogP contribution in [0.5, 0.6) is 0 Å². The molecule has 2 aromatic rings. The van der Waals surface area contributed by atoms with Gasteiger partial charge in [0.05, 0.1) is 11.7 Å². The first-order valence-electron chi connectivity index (χ1n) is 5.52. The molecule has 2 rings (SSSR count). The van der Waals surface area contributed by atoms with Crippen LogP contribution in [-0.4, -0.2) is 12.0 Å². The maximum absolute atomic E-state index is 12.9. The lowest BCUT2D eigenvalue weighted by Crippen LogP contribution is -2.11. The molecule has 2 nitrogen and oxygen atoms in total. The molecule has 0 aliphatic carbocycles. The van der Waals surface area contributed by atoms with Crippen LogP contribution in [0.25, 0.3) is 11.3 Å². The minimum absolute atomic E-state index is 0.217. The molecule has 90 valence electrons. The van der Waals surface area contributed by atoms with Crippen molar-refractivity contribution in [2.75, 3.05) is 7.05 Å². The molecule has 0 saturated carbocycles. The summed E-state index contributed by atoms with van der Waals surface area (Å²) in [5.41, 5.74) is 1.92. The topological polar surface area (TPSA) is 24.9 Å². The number of aromatic nitrogens is 1. The molecule has 1 aromatic carbocycles. The Morgan fingerprint density at radius 1 is 1.29 bits per heavy atom. The number of benzene rings is 1. The standard InChI is InChI=1S/C13H15FN2S/c1-8(15-3)13-16-12(9(2)17-13)10-4-6-11(14)7-5-10/h4-8,15H,1-3H3. The minimum Gasteiger partial charge on any atom is -0.311 e. The first kappa shape index (κ1) is 12.2. The number of aryl methyl sites for hydroxylation is 1. The molecule has 0 spiro atoms. The molecule has 1 heterocycles. The predicted octanol–water partition coefficient (Wildman–Crippen LogP) is 3.54. The number of rotatable bonds is 3. The molecule has 0 saturated heterocycles. The maximum Gasteiger partial charge on any atom is 0.123 e. The largest absolute Gasteiger partial charge is 0.311 e. The van der Waals surface area contributed by atoms with Gasteiger partial charge in [-0.1, -0.05) is 0 Å². The molecule has 0 fully saturated rings. The Bertz CT molecular complexity index is 505. The van der Waals surface area contributed by atoms with Gasteiger partial charge in [-0.25, -0.2) is 9.37 Å². The van der Waals surface area contributed by atoms with Crippen molar-refractivity contribution in [1.29, 1.82) is 0 Å². The first-order valence-corrected chi connectivity index (χ1v) is 6.34. The molecule has 17 heavy (non-hydrogen) atoms. The quantitative estimate of drug-likeness (QED) is 0.901. The molecular weight excluding hydrogens is 235 g/mol. The molecule has 1 N–H and O–H groups in total. The van der Waals surface area contributed by atoms with E-state index in [4.69, 9.17) is 0 Å². The summed E-state index contributed by atoms with van der Waals surface area (Å²) in [6.45, 7) is 4.12. The van der Waals surface area contributed by atoms with Crippen LogP contribution in [0, 0.1) is 12.7 Å². The summed E-state index contributed by atoms with van der Waals surface area (Å²) in [6.07, 6.45) is 0. The molecule has 0 aliphatic heterocycles. The van der Waals surface area contributed by atoms with E-state index >= 15 is 0 Å². The van der Waals surface area contributed by atoms with Gasteiger partial charge in [0.15, 0.2) is 0 Å². The highest BCUT2D eigenvalue weighted by Gasteiger charge is 2.13. The third kappa shape index (κ3) is 2.53. The second-order valence-electron chi connectivity index (χ2n) is 3.97. The van der Waals surface area contributed by atoms with Crippen LogP contribution >= 0.6 is 11.3 Å². The van der Waals surface area contributed by atoms with Crippen LogP contribution < -0.4 is 5.32 Å². The van der Waals surface area contributed by atoms with Gasteiger partial charge in [0.25, 0.3) is 0 Å². The third-order valence-electron chi connectivity index (χ3n) is 2.73. The second-order valence-corrected chi connectivity index (χ2v) is 5.21. The fourth-order valence-electron chi connectivity index (χ4n) is 1.60. The Kier molecular flexibility index (Phi) is 3.54. The van der Waals surface area contributed by atoms with E-state index in [1.807, 2.05) is 14.0 Å². The normalized spacial score (nSPS) is 12.7. The van der Waals surface area contributed by atoms with E-state index < -0.39 is 0 Å². The van der Waals surface area contributed by atoms with E-state index in [0.717, 1.165) is 21.1 Å². The average molecular weight is 250 g/mol. The lowest BCUT2D eigenvalue weighted by Gasteiger charge is -2.04. The van der Waals surface area contributed by atoms with Gasteiger partial charge in [-0.05, 0) is 45.2 Å². The summed E-state index contributed by atoms with van der Waals surface area (Å²) >= 11 is 1.68. The van der Waals surface area contributed by atoms with E-state index in [2.05, 4.69) is 17.2 Å². The summed E-state index contributed by atoms with van der Waals surface area (Å²) < 4.78 is 12.9. The molecule has 0 bridgehead atoms. The van der Waals surface area contributed by atoms with Gasteiger partial charge in [-0.2, -0.15) is 0 Å². The van der Waals surface area contributed by atoms with Crippen LogP contribution in [0.15, 0.2) is 24.3 Å². The molecule has 0 amide bonds. The second kappa shape index (κ2) is 4.94. The Hall–Kier alpha value is -1.26. The van der Waals surface area contributed by atoms with Crippen molar-refractivity contribution in [3.63, 3.8) is 0 Å². The Morgan fingerprint density at radius 2 is 1.94 bits per heavy atom. The van der Waals surface area contributed by atoms with Crippen molar-refractivity contribution >= 4 is 11.3 Å². The first-order chi connectivity index (χ1) is 8.11. The van der Waals surface area contributed by atoms with E-state index in [9.17, 15) is 4.39 Å². The van der Waals surface area contributed by atoms with E-state index in [1.165, 1.54) is 12.1 Å². The zero-order chi connectivity index (χ0) is 12.4. The molecule has 0 radical (unpaired) electrons. The molecule has 1 atom stereocenters. The van der Waals surface area contributed by atoms with E-state index in [1.54, 1.807) is 23.5 Å². The SMILES string of the molecule is CNC(C)c1nc(-c2ccc(F)cc2)c(C)s1. The highest BCUT2D eigenvalue weighted by Crippen LogP contribution is 2.30. The molecular formula is C13H15FN2S. The maximum atomic E-state index is 12.9. The van der Waals surface area contributed by atoms with Crippen molar-refractivity contribution in [3.05, 3.63) is 40.0 Å². The Morgan fingerprint density at radius 3 is 2.53 bits per heavy atom. The fraction of sp³-hybridized carbons (Fsp3) is 0.308. The number of hydrogen-bond acceptors (Lipinski definition) is 3. The van der Waals surface area contributed by atoms with E-state index in [0.29, 0.717) is 0 Å². The number of nitrogens with one attached hydrogen (secondary N) is 1. The summed E-state index contributed by atoms with van der Waals surface area (Å²) in [7, 11) is 1.92.